The number of phenols is 1. The summed E-state index contributed by atoms with van der Waals surface area (Å²) in [6.45, 7) is 0.187. The van der Waals surface area contributed by atoms with Crippen molar-refractivity contribution in [2.24, 2.45) is 0 Å². The third-order valence-electron chi connectivity index (χ3n) is 2.58. The number of halogens is 4. The summed E-state index contributed by atoms with van der Waals surface area (Å²) in [7, 11) is 0. The second kappa shape index (κ2) is 5.90. The smallest absolute Gasteiger partial charge is 0.505 e. The molecule has 0 radical (unpaired) electrons. The molecule has 3 nitrogen and oxygen atoms in total. The van der Waals surface area contributed by atoms with Gasteiger partial charge in [-0.2, -0.15) is 0 Å². The van der Waals surface area contributed by atoms with Crippen molar-refractivity contribution in [2.75, 3.05) is 5.32 Å². The summed E-state index contributed by atoms with van der Waals surface area (Å²) >= 11 is 0. The first-order valence-electron chi connectivity index (χ1n) is 5.90. The minimum absolute atomic E-state index is 0.187. The number of ether oxygens (including phenoxy) is 1. The van der Waals surface area contributed by atoms with E-state index in [-0.39, 0.29) is 12.3 Å². The van der Waals surface area contributed by atoms with E-state index in [0.717, 1.165) is 6.07 Å². The molecule has 0 spiro atoms. The van der Waals surface area contributed by atoms with Gasteiger partial charge in [0, 0.05) is 18.3 Å². The molecule has 7 heteroatoms. The number of nitrogens with one attached hydrogen (secondary N) is 1. The molecule has 0 unspecified atom stereocenters. The van der Waals surface area contributed by atoms with E-state index in [4.69, 9.17) is 5.11 Å². The average molecular weight is 301 g/mol. The van der Waals surface area contributed by atoms with Gasteiger partial charge < -0.3 is 15.2 Å². The third-order valence-corrected chi connectivity index (χ3v) is 2.58. The molecule has 0 saturated carbocycles. The Balaban J connectivity index is 2.03. The first kappa shape index (κ1) is 15.0. The Labute approximate surface area is 117 Å². The Morgan fingerprint density at radius 2 is 1.86 bits per heavy atom. The maximum atomic E-state index is 13.1. The largest absolute Gasteiger partial charge is 0.573 e. The number of benzene rings is 2. The zero-order valence-corrected chi connectivity index (χ0v) is 10.6. The standard InChI is InChI=1S/C14H11F4NO2/c15-12-6-9(4-5-13(12)20)8-19-10-2-1-3-11(7-10)21-14(16,17)18/h1-7,19-20H,8H2. The molecule has 0 amide bonds. The fraction of sp³-hybridized carbons (Fsp3) is 0.143. The van der Waals surface area contributed by atoms with Gasteiger partial charge in [0.05, 0.1) is 0 Å². The van der Waals surface area contributed by atoms with Crippen LogP contribution in [-0.4, -0.2) is 11.5 Å². The topological polar surface area (TPSA) is 41.5 Å². The van der Waals surface area contributed by atoms with E-state index in [2.05, 4.69) is 10.1 Å². The van der Waals surface area contributed by atoms with Gasteiger partial charge in [-0.25, -0.2) is 4.39 Å². The molecule has 0 aliphatic rings. The lowest BCUT2D eigenvalue weighted by Gasteiger charge is -2.11. The minimum atomic E-state index is -4.75. The Morgan fingerprint density at radius 1 is 1.10 bits per heavy atom. The van der Waals surface area contributed by atoms with E-state index in [0.29, 0.717) is 11.3 Å². The van der Waals surface area contributed by atoms with Gasteiger partial charge in [-0.3, -0.25) is 0 Å². The van der Waals surface area contributed by atoms with Crippen LogP contribution >= 0.6 is 0 Å². The molecule has 0 aromatic heterocycles. The first-order chi connectivity index (χ1) is 9.83. The van der Waals surface area contributed by atoms with Crippen LogP contribution in [0, 0.1) is 5.82 Å². The molecule has 2 rings (SSSR count). The highest BCUT2D eigenvalue weighted by molar-refractivity contribution is 5.48. The molecule has 0 heterocycles. The predicted octanol–water partition coefficient (Wildman–Crippen LogP) is 4.04. The molecule has 21 heavy (non-hydrogen) atoms. The normalized spacial score (nSPS) is 11.2. The number of hydrogen-bond acceptors (Lipinski definition) is 3. The number of anilines is 1. The van der Waals surface area contributed by atoms with Crippen molar-refractivity contribution < 1.29 is 27.4 Å². The Kier molecular flexibility index (Phi) is 4.21. The highest BCUT2D eigenvalue weighted by Gasteiger charge is 2.31. The van der Waals surface area contributed by atoms with Crippen LogP contribution in [0.25, 0.3) is 0 Å². The van der Waals surface area contributed by atoms with Crippen LogP contribution in [-0.2, 0) is 6.54 Å². The maximum Gasteiger partial charge on any atom is 0.573 e. The summed E-state index contributed by atoms with van der Waals surface area (Å²) in [6, 6.07) is 9.17. The quantitative estimate of drug-likeness (QED) is 0.837. The van der Waals surface area contributed by atoms with E-state index in [1.165, 1.54) is 30.3 Å². The Morgan fingerprint density at radius 3 is 2.52 bits per heavy atom. The van der Waals surface area contributed by atoms with Crippen LogP contribution in [0.3, 0.4) is 0 Å². The van der Waals surface area contributed by atoms with Crippen LogP contribution in [0.1, 0.15) is 5.56 Å². The molecule has 2 aromatic rings. The van der Waals surface area contributed by atoms with Crippen LogP contribution in [0.5, 0.6) is 11.5 Å². The lowest BCUT2D eigenvalue weighted by Crippen LogP contribution is -2.17. The molecule has 0 bridgehead atoms. The molecule has 0 aliphatic carbocycles. The van der Waals surface area contributed by atoms with E-state index in [9.17, 15) is 17.6 Å². The lowest BCUT2D eigenvalue weighted by molar-refractivity contribution is -0.274. The average Bonchev–Trinajstić information content (AvgIpc) is 2.39. The summed E-state index contributed by atoms with van der Waals surface area (Å²) in [5, 5.41) is 11.9. The predicted molar refractivity (Wildman–Crippen MR) is 68.5 cm³/mol. The molecule has 2 aromatic carbocycles. The van der Waals surface area contributed by atoms with Gasteiger partial charge in [0.2, 0.25) is 0 Å². The molecule has 2 N–H and O–H groups in total. The summed E-state index contributed by atoms with van der Waals surface area (Å²) in [6.07, 6.45) is -4.75. The third kappa shape index (κ3) is 4.55. The van der Waals surface area contributed by atoms with Crippen molar-refractivity contribution in [3.63, 3.8) is 0 Å². The summed E-state index contributed by atoms with van der Waals surface area (Å²) in [5.74, 6) is -1.56. The van der Waals surface area contributed by atoms with Crippen molar-refractivity contribution in [1.82, 2.24) is 0 Å². The van der Waals surface area contributed by atoms with Crippen molar-refractivity contribution in [2.45, 2.75) is 12.9 Å². The van der Waals surface area contributed by atoms with Crippen molar-refractivity contribution in [3.05, 3.63) is 53.8 Å². The van der Waals surface area contributed by atoms with Crippen LogP contribution in [0.4, 0.5) is 23.2 Å². The number of rotatable bonds is 4. The lowest BCUT2D eigenvalue weighted by atomic mass is 10.2. The van der Waals surface area contributed by atoms with Gasteiger partial charge in [-0.05, 0) is 29.8 Å². The number of alkyl halides is 3. The number of phenolic OH excluding ortho intramolecular Hbond substituents is 1. The van der Waals surface area contributed by atoms with Crippen LogP contribution in [0.2, 0.25) is 0 Å². The van der Waals surface area contributed by atoms with Crippen molar-refractivity contribution in [1.29, 1.82) is 0 Å². The molecule has 0 saturated heterocycles. The van der Waals surface area contributed by atoms with Crippen molar-refractivity contribution >= 4 is 5.69 Å². The molecular formula is C14H11F4NO2. The molecule has 0 fully saturated rings. The highest BCUT2D eigenvalue weighted by atomic mass is 19.4. The van der Waals surface area contributed by atoms with E-state index < -0.39 is 17.9 Å². The van der Waals surface area contributed by atoms with Gasteiger partial charge in [-0.15, -0.1) is 13.2 Å². The van der Waals surface area contributed by atoms with Gasteiger partial charge in [0.1, 0.15) is 5.75 Å². The Hall–Kier alpha value is -2.44. The summed E-state index contributed by atoms with van der Waals surface area (Å²) < 4.78 is 53.2. The van der Waals surface area contributed by atoms with Gasteiger partial charge in [0.25, 0.3) is 0 Å². The minimum Gasteiger partial charge on any atom is -0.505 e. The zero-order chi connectivity index (χ0) is 15.5. The van der Waals surface area contributed by atoms with E-state index in [1.54, 1.807) is 6.07 Å². The van der Waals surface area contributed by atoms with Crippen LogP contribution in [0.15, 0.2) is 42.5 Å². The van der Waals surface area contributed by atoms with Crippen molar-refractivity contribution in [3.8, 4) is 11.5 Å². The molecule has 0 atom stereocenters. The molecule has 0 aliphatic heterocycles. The highest BCUT2D eigenvalue weighted by Crippen LogP contribution is 2.25. The monoisotopic (exact) mass is 301 g/mol. The maximum absolute atomic E-state index is 13.1. The van der Waals surface area contributed by atoms with Gasteiger partial charge in [0.15, 0.2) is 11.6 Å². The molecular weight excluding hydrogens is 290 g/mol. The van der Waals surface area contributed by atoms with E-state index >= 15 is 0 Å². The fourth-order valence-corrected chi connectivity index (χ4v) is 1.67. The summed E-state index contributed by atoms with van der Waals surface area (Å²) in [5.41, 5.74) is 0.928. The summed E-state index contributed by atoms with van der Waals surface area (Å²) in [4.78, 5) is 0. The Bertz CT molecular complexity index is 629. The second-order valence-electron chi connectivity index (χ2n) is 4.21. The molecule has 112 valence electrons. The van der Waals surface area contributed by atoms with Gasteiger partial charge >= 0.3 is 6.36 Å². The zero-order valence-electron chi connectivity index (χ0n) is 10.6. The fourth-order valence-electron chi connectivity index (χ4n) is 1.67. The second-order valence-corrected chi connectivity index (χ2v) is 4.21. The number of aromatic hydroxyl groups is 1. The van der Waals surface area contributed by atoms with E-state index in [1.807, 2.05) is 0 Å². The van der Waals surface area contributed by atoms with Crippen LogP contribution < -0.4 is 10.1 Å². The number of hydrogen-bond donors (Lipinski definition) is 2. The van der Waals surface area contributed by atoms with Gasteiger partial charge in [-0.1, -0.05) is 12.1 Å². The SMILES string of the molecule is Oc1ccc(CNc2cccc(OC(F)(F)F)c2)cc1F. The first-order valence-corrected chi connectivity index (χ1v) is 5.90.